The molecule has 2 rings (SSSR count). The molecule has 0 bridgehead atoms. The Kier molecular flexibility index (Phi) is 7.01. The van der Waals surface area contributed by atoms with Crippen LogP contribution in [0.3, 0.4) is 0 Å². The molecule has 0 spiro atoms. The number of nitrogens with two attached hydrogens (primary N) is 2. The van der Waals surface area contributed by atoms with Crippen LogP contribution in [0.15, 0.2) is 28.7 Å². The van der Waals surface area contributed by atoms with E-state index in [9.17, 15) is 9.59 Å². The monoisotopic (exact) mass is 405 g/mol. The molecule has 128 valence electrons. The maximum atomic E-state index is 12.3. The van der Waals surface area contributed by atoms with Crippen molar-refractivity contribution in [3.05, 3.63) is 34.3 Å². The van der Waals surface area contributed by atoms with Crippen LogP contribution in [0.5, 0.6) is 0 Å². The van der Waals surface area contributed by atoms with Gasteiger partial charge in [-0.05, 0) is 37.5 Å². The van der Waals surface area contributed by atoms with E-state index in [0.29, 0.717) is 19.4 Å². The number of benzene rings is 1. The Hall–Kier alpha value is -1.15. The molecular weight excluding hydrogens is 386 g/mol. The first kappa shape index (κ1) is 19.9. The third-order valence-corrected chi connectivity index (χ3v) is 4.36. The molecule has 0 saturated carbocycles. The van der Waals surface area contributed by atoms with Crippen molar-refractivity contribution in [1.82, 2.24) is 5.32 Å². The van der Waals surface area contributed by atoms with Crippen LogP contribution in [-0.4, -0.2) is 30.6 Å². The summed E-state index contributed by atoms with van der Waals surface area (Å²) in [5, 5.41) is 2.78. The average molecular weight is 407 g/mol. The molecular formula is C15H21BrClN3O3. The summed E-state index contributed by atoms with van der Waals surface area (Å²) in [6, 6.07) is 7.29. The number of halogens is 2. The number of hydrogen-bond donors (Lipinski definition) is 3. The average Bonchev–Trinajstić information content (AvgIpc) is 2.94. The van der Waals surface area contributed by atoms with E-state index in [4.69, 9.17) is 16.2 Å². The Bertz CT molecular complexity index is 566. The van der Waals surface area contributed by atoms with Gasteiger partial charge in [0.1, 0.15) is 11.6 Å². The lowest BCUT2D eigenvalue weighted by molar-refractivity contribution is -0.129. The van der Waals surface area contributed by atoms with Gasteiger partial charge in [-0.3, -0.25) is 9.59 Å². The summed E-state index contributed by atoms with van der Waals surface area (Å²) in [6.07, 6.45) is 0.510. The Morgan fingerprint density at radius 3 is 2.48 bits per heavy atom. The topological polar surface area (TPSA) is 107 Å². The number of carbonyl (C=O) groups excluding carboxylic acids is 2. The van der Waals surface area contributed by atoms with Crippen LogP contribution in [-0.2, 0) is 19.9 Å². The molecule has 3 unspecified atom stereocenters. The second kappa shape index (κ2) is 8.10. The zero-order valence-corrected chi connectivity index (χ0v) is 15.2. The molecule has 1 fully saturated rings. The number of hydrogen-bond acceptors (Lipinski definition) is 4. The van der Waals surface area contributed by atoms with Gasteiger partial charge in [0, 0.05) is 11.0 Å². The number of amides is 2. The second-order valence-electron chi connectivity index (χ2n) is 5.65. The Morgan fingerprint density at radius 2 is 1.96 bits per heavy atom. The van der Waals surface area contributed by atoms with Crippen LogP contribution in [0, 0.1) is 0 Å². The van der Waals surface area contributed by atoms with E-state index in [0.717, 1.165) is 10.0 Å². The Balaban J connectivity index is 0.00000264. The maximum absolute atomic E-state index is 12.3. The van der Waals surface area contributed by atoms with Crippen molar-refractivity contribution in [2.45, 2.75) is 37.5 Å². The van der Waals surface area contributed by atoms with Crippen LogP contribution in [0.4, 0.5) is 0 Å². The van der Waals surface area contributed by atoms with Gasteiger partial charge in [0.25, 0.3) is 0 Å². The van der Waals surface area contributed by atoms with Gasteiger partial charge < -0.3 is 21.5 Å². The lowest BCUT2D eigenvalue weighted by atomic mass is 9.92. The minimum atomic E-state index is -1.14. The van der Waals surface area contributed by atoms with Gasteiger partial charge in [-0.25, -0.2) is 0 Å². The lowest BCUT2D eigenvalue weighted by Gasteiger charge is -2.25. The lowest BCUT2D eigenvalue weighted by Crippen LogP contribution is -2.50. The number of rotatable bonds is 5. The first-order valence-electron chi connectivity index (χ1n) is 7.08. The minimum absolute atomic E-state index is 0. The maximum Gasteiger partial charge on any atom is 0.246 e. The Labute approximate surface area is 149 Å². The second-order valence-corrected chi connectivity index (χ2v) is 6.56. The smallest absolute Gasteiger partial charge is 0.246 e. The molecule has 1 aliphatic rings. The normalized spacial score (nSPS) is 22.7. The summed E-state index contributed by atoms with van der Waals surface area (Å²) in [7, 11) is 0. The fraction of sp³-hybridized carbons (Fsp3) is 0.467. The molecule has 5 N–H and O–H groups in total. The van der Waals surface area contributed by atoms with Crippen LogP contribution < -0.4 is 16.8 Å². The van der Waals surface area contributed by atoms with E-state index < -0.39 is 17.6 Å². The van der Waals surface area contributed by atoms with Crippen molar-refractivity contribution in [2.75, 3.05) is 6.54 Å². The molecule has 6 nitrogen and oxygen atoms in total. The minimum Gasteiger partial charge on any atom is -0.367 e. The van der Waals surface area contributed by atoms with Crippen molar-refractivity contribution < 1.29 is 14.3 Å². The van der Waals surface area contributed by atoms with Crippen LogP contribution in [0.2, 0.25) is 0 Å². The molecule has 23 heavy (non-hydrogen) atoms. The van der Waals surface area contributed by atoms with Gasteiger partial charge >= 0.3 is 0 Å². The molecule has 8 heteroatoms. The van der Waals surface area contributed by atoms with Gasteiger partial charge in [0.05, 0.1) is 6.10 Å². The zero-order chi connectivity index (χ0) is 16.3. The predicted molar refractivity (Wildman–Crippen MR) is 93.0 cm³/mol. The highest BCUT2D eigenvalue weighted by Crippen LogP contribution is 2.22. The largest absolute Gasteiger partial charge is 0.367 e. The highest BCUT2D eigenvalue weighted by molar-refractivity contribution is 9.10. The SMILES string of the molecule is CC(N)(C(=O)NCC1CCC(C(N)=O)O1)c1ccc(Br)cc1.Cl. The highest BCUT2D eigenvalue weighted by atomic mass is 79.9. The van der Waals surface area contributed by atoms with Crippen LogP contribution in [0.25, 0.3) is 0 Å². The van der Waals surface area contributed by atoms with Crippen LogP contribution >= 0.6 is 28.3 Å². The summed E-state index contributed by atoms with van der Waals surface area (Å²) in [5.74, 6) is -0.756. The molecule has 1 aliphatic heterocycles. The van der Waals surface area contributed by atoms with E-state index in [1.807, 2.05) is 12.1 Å². The van der Waals surface area contributed by atoms with E-state index in [1.54, 1.807) is 19.1 Å². The molecule has 1 aromatic rings. The molecule has 2 amide bonds. The molecule has 1 heterocycles. The highest BCUT2D eigenvalue weighted by Gasteiger charge is 2.33. The first-order chi connectivity index (χ1) is 10.3. The summed E-state index contributed by atoms with van der Waals surface area (Å²) in [4.78, 5) is 23.4. The number of nitrogens with one attached hydrogen (secondary N) is 1. The van der Waals surface area contributed by atoms with Gasteiger partial charge in [0.2, 0.25) is 11.8 Å². The van der Waals surface area contributed by atoms with Crippen molar-refractivity contribution in [2.24, 2.45) is 11.5 Å². The summed E-state index contributed by atoms with van der Waals surface area (Å²) >= 11 is 3.35. The van der Waals surface area contributed by atoms with Gasteiger partial charge in [-0.15, -0.1) is 12.4 Å². The van der Waals surface area contributed by atoms with E-state index in [-0.39, 0.29) is 24.4 Å². The van der Waals surface area contributed by atoms with Crippen molar-refractivity contribution in [3.63, 3.8) is 0 Å². The predicted octanol–water partition coefficient (Wildman–Crippen LogP) is 1.19. The van der Waals surface area contributed by atoms with E-state index in [1.165, 1.54) is 0 Å². The first-order valence-corrected chi connectivity index (χ1v) is 7.88. The summed E-state index contributed by atoms with van der Waals surface area (Å²) in [6.45, 7) is 1.97. The molecule has 0 aliphatic carbocycles. The van der Waals surface area contributed by atoms with E-state index >= 15 is 0 Å². The number of ether oxygens (including phenoxy) is 1. The van der Waals surface area contributed by atoms with Crippen molar-refractivity contribution in [1.29, 1.82) is 0 Å². The number of primary amides is 1. The fourth-order valence-corrected chi connectivity index (χ4v) is 2.65. The number of carbonyl (C=O) groups is 2. The molecule has 1 aromatic carbocycles. The van der Waals surface area contributed by atoms with Gasteiger partial charge in [0.15, 0.2) is 0 Å². The van der Waals surface area contributed by atoms with E-state index in [2.05, 4.69) is 21.2 Å². The standard InChI is InChI=1S/C15H20BrN3O3.ClH/c1-15(18,9-2-4-10(16)5-3-9)14(21)19-8-11-6-7-12(22-11)13(17)20;/h2-5,11-12H,6-8,18H2,1H3,(H2,17,20)(H,19,21);1H. The third kappa shape index (κ3) is 4.91. The van der Waals surface area contributed by atoms with Crippen molar-refractivity contribution in [3.8, 4) is 0 Å². The Morgan fingerprint density at radius 1 is 1.35 bits per heavy atom. The fourth-order valence-electron chi connectivity index (χ4n) is 2.38. The molecule has 0 aromatic heterocycles. The zero-order valence-electron chi connectivity index (χ0n) is 12.8. The van der Waals surface area contributed by atoms with Gasteiger partial charge in [-0.2, -0.15) is 0 Å². The molecule has 1 saturated heterocycles. The quantitative estimate of drug-likeness (QED) is 0.682. The van der Waals surface area contributed by atoms with Gasteiger partial charge in [-0.1, -0.05) is 28.1 Å². The summed E-state index contributed by atoms with van der Waals surface area (Å²) in [5.41, 5.74) is 10.9. The third-order valence-electron chi connectivity index (χ3n) is 3.83. The summed E-state index contributed by atoms with van der Waals surface area (Å²) < 4.78 is 6.39. The van der Waals surface area contributed by atoms with Crippen LogP contribution in [0.1, 0.15) is 25.3 Å². The van der Waals surface area contributed by atoms with Crippen molar-refractivity contribution >= 4 is 40.2 Å². The molecule has 3 atom stereocenters. The molecule has 0 radical (unpaired) electrons.